The first-order valence-corrected chi connectivity index (χ1v) is 8.46. The maximum Gasteiger partial charge on any atom is 0.224 e. The van der Waals surface area contributed by atoms with E-state index in [1.807, 2.05) is 48.5 Å². The van der Waals surface area contributed by atoms with Gasteiger partial charge < -0.3 is 10.1 Å². The van der Waals surface area contributed by atoms with Gasteiger partial charge in [0.15, 0.2) is 0 Å². The van der Waals surface area contributed by atoms with E-state index >= 15 is 0 Å². The third kappa shape index (κ3) is 5.10. The summed E-state index contributed by atoms with van der Waals surface area (Å²) in [5.41, 5.74) is 2.09. The first-order valence-electron chi connectivity index (χ1n) is 7.67. The van der Waals surface area contributed by atoms with E-state index in [-0.39, 0.29) is 11.9 Å². The highest BCUT2D eigenvalue weighted by molar-refractivity contribution is 9.10. The van der Waals surface area contributed by atoms with Gasteiger partial charge >= 0.3 is 0 Å². The number of benzene rings is 2. The van der Waals surface area contributed by atoms with Crippen molar-refractivity contribution >= 4 is 21.8 Å². The first-order chi connectivity index (χ1) is 11.0. The SMILES string of the molecule is COc1ccc(C(NC(=O)Cc2ccc(Br)cc2)C(C)C)cc1. The van der Waals surface area contributed by atoms with Gasteiger partial charge in [-0.1, -0.05) is 54.0 Å². The Morgan fingerprint density at radius 1 is 1.09 bits per heavy atom. The van der Waals surface area contributed by atoms with Crippen molar-refractivity contribution in [2.75, 3.05) is 7.11 Å². The summed E-state index contributed by atoms with van der Waals surface area (Å²) in [6.45, 7) is 4.21. The van der Waals surface area contributed by atoms with Crippen molar-refractivity contribution < 1.29 is 9.53 Å². The Hall–Kier alpha value is -1.81. The lowest BCUT2D eigenvalue weighted by atomic mass is 9.95. The number of carbonyl (C=O) groups excluding carboxylic acids is 1. The van der Waals surface area contributed by atoms with Crippen molar-refractivity contribution in [3.05, 3.63) is 64.1 Å². The molecule has 2 rings (SSSR count). The summed E-state index contributed by atoms with van der Waals surface area (Å²) < 4.78 is 6.20. The highest BCUT2D eigenvalue weighted by Crippen LogP contribution is 2.24. The van der Waals surface area contributed by atoms with Gasteiger partial charge in [-0.05, 0) is 41.3 Å². The summed E-state index contributed by atoms with van der Waals surface area (Å²) in [5.74, 6) is 1.15. The lowest BCUT2D eigenvalue weighted by molar-refractivity contribution is -0.121. The van der Waals surface area contributed by atoms with E-state index in [4.69, 9.17) is 4.74 Å². The molecule has 0 heterocycles. The van der Waals surface area contributed by atoms with E-state index < -0.39 is 0 Å². The van der Waals surface area contributed by atoms with Gasteiger partial charge in [-0.25, -0.2) is 0 Å². The molecule has 4 heteroatoms. The molecule has 0 aliphatic heterocycles. The second-order valence-corrected chi connectivity index (χ2v) is 6.78. The summed E-state index contributed by atoms with van der Waals surface area (Å²) >= 11 is 3.40. The van der Waals surface area contributed by atoms with Crippen LogP contribution in [-0.2, 0) is 11.2 Å². The molecule has 1 amide bonds. The van der Waals surface area contributed by atoms with E-state index in [0.29, 0.717) is 12.3 Å². The summed E-state index contributed by atoms with van der Waals surface area (Å²) in [5, 5.41) is 3.14. The Kier molecular flexibility index (Phi) is 6.22. The molecule has 0 spiro atoms. The first kappa shape index (κ1) is 17.5. The van der Waals surface area contributed by atoms with Gasteiger partial charge in [0.25, 0.3) is 0 Å². The number of carbonyl (C=O) groups is 1. The molecule has 3 nitrogen and oxygen atoms in total. The molecule has 2 aromatic carbocycles. The minimum absolute atomic E-state index is 0.0103. The fourth-order valence-corrected chi connectivity index (χ4v) is 2.72. The van der Waals surface area contributed by atoms with Crippen molar-refractivity contribution in [1.82, 2.24) is 5.32 Å². The molecular weight excluding hydrogens is 354 g/mol. The molecule has 23 heavy (non-hydrogen) atoms. The Labute approximate surface area is 146 Å². The maximum atomic E-state index is 12.4. The zero-order valence-corrected chi connectivity index (χ0v) is 15.3. The Balaban J connectivity index is 2.06. The van der Waals surface area contributed by atoms with Gasteiger partial charge in [-0.2, -0.15) is 0 Å². The topological polar surface area (TPSA) is 38.3 Å². The Bertz CT molecular complexity index is 635. The smallest absolute Gasteiger partial charge is 0.224 e. The number of methoxy groups -OCH3 is 1. The quantitative estimate of drug-likeness (QED) is 0.806. The average Bonchev–Trinajstić information content (AvgIpc) is 2.55. The van der Waals surface area contributed by atoms with Crippen molar-refractivity contribution in [2.24, 2.45) is 5.92 Å². The van der Waals surface area contributed by atoms with Gasteiger partial charge in [0, 0.05) is 4.47 Å². The largest absolute Gasteiger partial charge is 0.497 e. The predicted molar refractivity (Wildman–Crippen MR) is 96.6 cm³/mol. The maximum absolute atomic E-state index is 12.4. The zero-order valence-electron chi connectivity index (χ0n) is 13.7. The van der Waals surface area contributed by atoms with E-state index in [1.54, 1.807) is 7.11 Å². The van der Waals surface area contributed by atoms with Gasteiger partial charge in [-0.3, -0.25) is 4.79 Å². The number of halogens is 1. The van der Waals surface area contributed by atoms with Crippen LogP contribution in [0.4, 0.5) is 0 Å². The molecule has 0 saturated heterocycles. The molecule has 0 saturated carbocycles. The van der Waals surface area contributed by atoms with Crippen LogP contribution in [0.2, 0.25) is 0 Å². The van der Waals surface area contributed by atoms with Crippen LogP contribution in [0.3, 0.4) is 0 Å². The van der Waals surface area contributed by atoms with Crippen molar-refractivity contribution in [2.45, 2.75) is 26.3 Å². The van der Waals surface area contributed by atoms with Crippen LogP contribution in [-0.4, -0.2) is 13.0 Å². The standard InChI is InChI=1S/C19H22BrNO2/c1-13(2)19(15-6-10-17(23-3)11-7-15)21-18(22)12-14-4-8-16(20)9-5-14/h4-11,13,19H,12H2,1-3H3,(H,21,22). The molecule has 122 valence electrons. The van der Waals surface area contributed by atoms with Crippen LogP contribution in [0.15, 0.2) is 53.0 Å². The second kappa shape index (κ2) is 8.16. The Morgan fingerprint density at radius 3 is 2.22 bits per heavy atom. The molecule has 2 aromatic rings. The van der Waals surface area contributed by atoms with E-state index in [9.17, 15) is 4.79 Å². The number of nitrogens with one attached hydrogen (secondary N) is 1. The number of ether oxygens (including phenoxy) is 1. The summed E-state index contributed by atoms with van der Waals surface area (Å²) in [6, 6.07) is 15.7. The number of rotatable bonds is 6. The number of hydrogen-bond donors (Lipinski definition) is 1. The fourth-order valence-electron chi connectivity index (χ4n) is 2.46. The van der Waals surface area contributed by atoms with Crippen LogP contribution in [0.5, 0.6) is 5.75 Å². The minimum Gasteiger partial charge on any atom is -0.497 e. The fraction of sp³-hybridized carbons (Fsp3) is 0.316. The third-order valence-electron chi connectivity index (χ3n) is 3.74. The summed E-state index contributed by atoms with van der Waals surface area (Å²) in [4.78, 5) is 12.4. The molecule has 0 bridgehead atoms. The van der Waals surface area contributed by atoms with Crippen molar-refractivity contribution in [1.29, 1.82) is 0 Å². The van der Waals surface area contributed by atoms with Crippen LogP contribution >= 0.6 is 15.9 Å². The van der Waals surface area contributed by atoms with Gasteiger partial charge in [0.1, 0.15) is 5.75 Å². The molecule has 0 aromatic heterocycles. The molecule has 0 radical (unpaired) electrons. The van der Waals surface area contributed by atoms with Gasteiger partial charge in [-0.15, -0.1) is 0 Å². The minimum atomic E-state index is -0.0103. The molecule has 1 atom stereocenters. The summed E-state index contributed by atoms with van der Waals surface area (Å²) in [7, 11) is 1.65. The second-order valence-electron chi connectivity index (χ2n) is 5.87. The van der Waals surface area contributed by atoms with Crippen LogP contribution in [0, 0.1) is 5.92 Å². The normalized spacial score (nSPS) is 12.0. The lowest BCUT2D eigenvalue weighted by Crippen LogP contribution is -2.32. The molecule has 0 aliphatic rings. The van der Waals surface area contributed by atoms with E-state index in [0.717, 1.165) is 21.3 Å². The molecule has 1 unspecified atom stereocenters. The van der Waals surface area contributed by atoms with Gasteiger partial charge in [0.2, 0.25) is 5.91 Å². The van der Waals surface area contributed by atoms with Crippen molar-refractivity contribution in [3.8, 4) is 5.75 Å². The van der Waals surface area contributed by atoms with E-state index in [1.165, 1.54) is 0 Å². The molecule has 1 N–H and O–H groups in total. The van der Waals surface area contributed by atoms with Crippen LogP contribution in [0.25, 0.3) is 0 Å². The average molecular weight is 376 g/mol. The monoisotopic (exact) mass is 375 g/mol. The predicted octanol–water partition coefficient (Wildman–Crippen LogP) is 4.51. The third-order valence-corrected chi connectivity index (χ3v) is 4.26. The van der Waals surface area contributed by atoms with Crippen LogP contribution < -0.4 is 10.1 Å². The highest BCUT2D eigenvalue weighted by Gasteiger charge is 2.18. The van der Waals surface area contributed by atoms with E-state index in [2.05, 4.69) is 35.1 Å². The lowest BCUT2D eigenvalue weighted by Gasteiger charge is -2.23. The zero-order chi connectivity index (χ0) is 16.8. The number of amides is 1. The Morgan fingerprint density at radius 2 is 1.70 bits per heavy atom. The molecule has 0 fully saturated rings. The number of hydrogen-bond acceptors (Lipinski definition) is 2. The highest BCUT2D eigenvalue weighted by atomic mass is 79.9. The molecular formula is C19H22BrNO2. The van der Waals surface area contributed by atoms with Crippen LogP contribution in [0.1, 0.15) is 31.0 Å². The van der Waals surface area contributed by atoms with Gasteiger partial charge in [0.05, 0.1) is 19.6 Å². The summed E-state index contributed by atoms with van der Waals surface area (Å²) in [6.07, 6.45) is 0.382. The molecule has 0 aliphatic carbocycles. The van der Waals surface area contributed by atoms with Crippen molar-refractivity contribution in [3.63, 3.8) is 0 Å².